The fraction of sp³-hybridized carbons (Fsp3) is 0.105. The van der Waals surface area contributed by atoms with E-state index in [0.717, 1.165) is 19.8 Å². The molecule has 0 amide bonds. The summed E-state index contributed by atoms with van der Waals surface area (Å²) in [5.41, 5.74) is 2.08. The van der Waals surface area contributed by atoms with Gasteiger partial charge in [0.05, 0.1) is 0 Å². The maximum atomic E-state index is 12.5. The van der Waals surface area contributed by atoms with Gasteiger partial charge < -0.3 is 9.47 Å². The minimum atomic E-state index is -0.580. The monoisotopic (exact) mass is 402 g/mol. The molecule has 1 aromatic heterocycles. The molecule has 0 spiro atoms. The summed E-state index contributed by atoms with van der Waals surface area (Å²) in [6, 6.07) is 14.1. The molecule has 3 aromatic rings. The molecule has 1 heterocycles. The van der Waals surface area contributed by atoms with Gasteiger partial charge in [0.1, 0.15) is 20.9 Å². The summed E-state index contributed by atoms with van der Waals surface area (Å²) in [4.78, 5) is 24.8. The van der Waals surface area contributed by atoms with Gasteiger partial charge in [-0.25, -0.2) is 4.79 Å². The molecule has 3 rings (SSSR count). The number of rotatable bonds is 4. The molecule has 4 nitrogen and oxygen atoms in total. The highest BCUT2D eigenvalue weighted by molar-refractivity contribution is 7.80. The second kappa shape index (κ2) is 7.90. The summed E-state index contributed by atoms with van der Waals surface area (Å²) in [5, 5.41) is 0. The molecule has 26 heavy (non-hydrogen) atoms. The second-order valence-corrected chi connectivity index (χ2v) is 8.41. The largest absolute Gasteiger partial charge is 0.426 e. The van der Waals surface area contributed by atoms with Crippen LogP contribution in [-0.4, -0.2) is 11.9 Å². The lowest BCUT2D eigenvalue weighted by Gasteiger charge is -2.10. The Morgan fingerprint density at radius 2 is 1.69 bits per heavy atom. The lowest BCUT2D eigenvalue weighted by Crippen LogP contribution is -2.13. The Hall–Kier alpha value is -2.35. The zero-order valence-corrected chi connectivity index (χ0v) is 16.4. The molecule has 0 atom stereocenters. The normalized spacial score (nSPS) is 10.4. The van der Waals surface area contributed by atoms with Crippen molar-refractivity contribution in [1.29, 1.82) is 0 Å². The quantitative estimate of drug-likeness (QED) is 0.244. The van der Waals surface area contributed by atoms with E-state index in [0.29, 0.717) is 5.75 Å². The fourth-order valence-electron chi connectivity index (χ4n) is 2.27. The van der Waals surface area contributed by atoms with Crippen molar-refractivity contribution < 1.29 is 19.1 Å². The van der Waals surface area contributed by atoms with Crippen LogP contribution in [0.3, 0.4) is 0 Å². The van der Waals surface area contributed by atoms with Crippen LogP contribution >= 0.6 is 32.9 Å². The number of esters is 2. The topological polar surface area (TPSA) is 52.6 Å². The summed E-state index contributed by atoms with van der Waals surface area (Å²) in [6.07, 6.45) is 0. The van der Waals surface area contributed by atoms with Crippen molar-refractivity contribution in [2.24, 2.45) is 0 Å². The Labute approximate surface area is 163 Å². The van der Waals surface area contributed by atoms with Crippen LogP contribution in [0.5, 0.6) is 11.5 Å². The van der Waals surface area contributed by atoms with Gasteiger partial charge in [-0.2, -0.15) is 0 Å². The third-order valence-corrected chi connectivity index (χ3v) is 6.33. The van der Waals surface area contributed by atoms with E-state index in [1.165, 1.54) is 6.92 Å². The van der Waals surface area contributed by atoms with Crippen LogP contribution in [-0.2, 0) is 4.79 Å². The van der Waals surface area contributed by atoms with Gasteiger partial charge in [-0.3, -0.25) is 4.79 Å². The summed E-state index contributed by atoms with van der Waals surface area (Å²) < 4.78 is 11.4. The van der Waals surface area contributed by atoms with Crippen molar-refractivity contribution in [1.82, 2.24) is 0 Å². The molecule has 0 aliphatic rings. The molecule has 0 N–H and O–H groups in total. The first-order valence-electron chi connectivity index (χ1n) is 7.64. The first kappa shape index (κ1) is 18.4. The lowest BCUT2D eigenvalue weighted by molar-refractivity contribution is -0.131. The Morgan fingerprint density at radius 3 is 2.31 bits per heavy atom. The van der Waals surface area contributed by atoms with Crippen molar-refractivity contribution in [3.05, 3.63) is 63.5 Å². The lowest BCUT2D eigenvalue weighted by atomic mass is 10.1. The third-order valence-electron chi connectivity index (χ3n) is 3.42. The predicted octanol–water partition coefficient (Wildman–Crippen LogP) is 5.66. The van der Waals surface area contributed by atoms with Crippen molar-refractivity contribution in [3.8, 4) is 21.9 Å². The van der Waals surface area contributed by atoms with Crippen molar-refractivity contribution in [2.75, 3.05) is 0 Å². The second-order valence-electron chi connectivity index (χ2n) is 5.50. The Balaban J connectivity index is 1.81. The third kappa shape index (κ3) is 4.43. The van der Waals surface area contributed by atoms with Crippen LogP contribution in [0.25, 0.3) is 10.4 Å². The Bertz CT molecular complexity index is 1020. The average molecular weight is 403 g/mol. The number of hydrogen-bond acceptors (Lipinski definition) is 7. The molecule has 0 saturated heterocycles. The molecule has 0 unspecified atom stereocenters. The number of hydrogen-bond donors (Lipinski definition) is 0. The smallest absolute Gasteiger partial charge is 0.347 e. The number of benzene rings is 2. The Kier molecular flexibility index (Phi) is 5.61. The van der Waals surface area contributed by atoms with Crippen LogP contribution in [0, 0.1) is 10.7 Å². The predicted molar refractivity (Wildman–Crippen MR) is 106 cm³/mol. The van der Waals surface area contributed by atoms with Gasteiger partial charge in [-0.05, 0) is 60.5 Å². The Morgan fingerprint density at radius 1 is 0.962 bits per heavy atom. The fourth-order valence-corrected chi connectivity index (χ4v) is 4.67. The minimum absolute atomic E-state index is 0.183. The molecule has 0 fully saturated rings. The molecule has 132 valence electrons. The van der Waals surface area contributed by atoms with Gasteiger partial charge in [-0.1, -0.05) is 39.0 Å². The highest BCUT2D eigenvalue weighted by Gasteiger charge is 2.17. The molecule has 0 radical (unpaired) electrons. The van der Waals surface area contributed by atoms with Crippen LogP contribution in [0.2, 0.25) is 0 Å². The van der Waals surface area contributed by atoms with Gasteiger partial charge in [0.2, 0.25) is 0 Å². The summed E-state index contributed by atoms with van der Waals surface area (Å²) in [7, 11) is 3.16. The van der Waals surface area contributed by atoms with Gasteiger partial charge in [0.15, 0.2) is 0 Å². The minimum Gasteiger partial charge on any atom is -0.426 e. The van der Waals surface area contributed by atoms with Crippen molar-refractivity contribution in [3.63, 3.8) is 0 Å². The van der Waals surface area contributed by atoms with Crippen LogP contribution in [0.4, 0.5) is 0 Å². The van der Waals surface area contributed by atoms with Crippen LogP contribution in [0.15, 0.2) is 48.5 Å². The van der Waals surface area contributed by atoms with E-state index in [9.17, 15) is 9.59 Å². The van der Waals surface area contributed by atoms with E-state index in [1.54, 1.807) is 51.0 Å². The summed E-state index contributed by atoms with van der Waals surface area (Å²) >= 11 is 5.15. The van der Waals surface area contributed by atoms with E-state index in [2.05, 4.69) is 0 Å². The van der Waals surface area contributed by atoms with Gasteiger partial charge in [-0.15, -0.1) is 0 Å². The maximum absolute atomic E-state index is 12.5. The molecular weight excluding hydrogens is 388 g/mol. The highest BCUT2D eigenvalue weighted by Crippen LogP contribution is 2.31. The summed E-state index contributed by atoms with van der Waals surface area (Å²) in [6.45, 7) is 3.13. The van der Waals surface area contributed by atoms with Gasteiger partial charge in [0.25, 0.3) is 0 Å². The van der Waals surface area contributed by atoms with E-state index in [4.69, 9.17) is 21.7 Å². The molecule has 7 heteroatoms. The van der Waals surface area contributed by atoms with Crippen LogP contribution < -0.4 is 9.47 Å². The molecule has 0 saturated carbocycles. The maximum Gasteiger partial charge on any atom is 0.347 e. The molecule has 0 aliphatic heterocycles. The zero-order valence-electron chi connectivity index (χ0n) is 14.0. The van der Waals surface area contributed by atoms with Crippen LogP contribution in [0.1, 0.15) is 22.8 Å². The SMILES string of the molecule is CC(=O)Oc1ccc(C)cc1C(=O)Oc1ccc(-c2cc(=S)ss2)cc1. The van der Waals surface area contributed by atoms with E-state index in [1.807, 2.05) is 25.1 Å². The highest BCUT2D eigenvalue weighted by atomic mass is 32.9. The molecule has 0 aliphatic carbocycles. The van der Waals surface area contributed by atoms with Crippen molar-refractivity contribution >= 4 is 44.8 Å². The zero-order chi connectivity index (χ0) is 18.7. The standard InChI is InChI=1S/C19H14O4S3/c1-11-3-8-16(22-12(2)20)15(9-11)19(21)23-14-6-4-13(5-7-14)17-10-18(24)26-25-17/h3-10H,1-2H3. The molecular formula is C19H14O4S3. The number of aryl methyl sites for hydroxylation is 1. The summed E-state index contributed by atoms with van der Waals surface area (Å²) in [5.74, 6) is -0.482. The molecule has 2 aromatic carbocycles. The first-order chi connectivity index (χ1) is 12.4. The molecule has 0 bridgehead atoms. The first-order valence-corrected chi connectivity index (χ1v) is 10.2. The van der Waals surface area contributed by atoms with Gasteiger partial charge in [0, 0.05) is 11.8 Å². The number of carbonyl (C=O) groups is 2. The van der Waals surface area contributed by atoms with E-state index in [-0.39, 0.29) is 11.3 Å². The van der Waals surface area contributed by atoms with E-state index < -0.39 is 11.9 Å². The number of ether oxygens (including phenoxy) is 2. The van der Waals surface area contributed by atoms with Gasteiger partial charge >= 0.3 is 11.9 Å². The number of carbonyl (C=O) groups excluding carboxylic acids is 2. The van der Waals surface area contributed by atoms with E-state index >= 15 is 0 Å². The van der Waals surface area contributed by atoms with Crippen molar-refractivity contribution in [2.45, 2.75) is 13.8 Å². The average Bonchev–Trinajstić information content (AvgIpc) is 3.03.